The van der Waals surface area contributed by atoms with Crippen molar-refractivity contribution in [2.75, 3.05) is 0 Å². The van der Waals surface area contributed by atoms with Crippen LogP contribution in [-0.4, -0.2) is 59.9 Å². The van der Waals surface area contributed by atoms with Gasteiger partial charge in [-0.15, -0.1) is 0 Å². The Morgan fingerprint density at radius 2 is 0.690 bits per heavy atom. The number of halogens is 17. The Labute approximate surface area is 146 Å². The van der Waals surface area contributed by atoms with Gasteiger partial charge in [0.05, 0.1) is 0 Å². The van der Waals surface area contributed by atoms with E-state index in [2.05, 4.69) is 0 Å². The van der Waals surface area contributed by atoms with E-state index in [1.807, 2.05) is 0 Å². The molecule has 1 atom stereocenters. The standard InChI is InChI=1S/C8HF17O3S/c9-1(5(15,16)17,2(10,6(18,19)20)7(21,22)23)3(11,12)4(13,14)8(24,25)29(26,27)28/h(H,26,27,28). The number of hydrogen-bond donors (Lipinski definition) is 1. The molecular weight excluding hydrogens is 499 g/mol. The van der Waals surface area contributed by atoms with Crippen molar-refractivity contribution in [3.8, 4) is 0 Å². The van der Waals surface area contributed by atoms with Crippen molar-refractivity contribution in [3.05, 3.63) is 0 Å². The molecule has 0 bridgehead atoms. The van der Waals surface area contributed by atoms with Gasteiger partial charge in [0.1, 0.15) is 0 Å². The first-order valence-corrected chi connectivity index (χ1v) is 7.12. The molecule has 0 saturated carbocycles. The molecule has 0 aliphatic heterocycles. The molecule has 21 heteroatoms. The van der Waals surface area contributed by atoms with Gasteiger partial charge in [0.15, 0.2) is 0 Å². The van der Waals surface area contributed by atoms with Gasteiger partial charge in [0, 0.05) is 0 Å². The molecule has 0 rings (SSSR count). The summed E-state index contributed by atoms with van der Waals surface area (Å²) in [4.78, 5) is 0. The third kappa shape index (κ3) is 3.26. The molecule has 0 aromatic heterocycles. The molecule has 0 amide bonds. The lowest BCUT2D eigenvalue weighted by atomic mass is 9.76. The van der Waals surface area contributed by atoms with Gasteiger partial charge in [0.2, 0.25) is 0 Å². The van der Waals surface area contributed by atoms with Crippen LogP contribution in [0.15, 0.2) is 0 Å². The van der Waals surface area contributed by atoms with E-state index < -0.39 is 57.1 Å². The van der Waals surface area contributed by atoms with E-state index in [4.69, 9.17) is 4.55 Å². The van der Waals surface area contributed by atoms with Crippen molar-refractivity contribution in [2.24, 2.45) is 0 Å². The van der Waals surface area contributed by atoms with Crippen LogP contribution >= 0.6 is 0 Å². The minimum Gasteiger partial charge on any atom is -0.281 e. The summed E-state index contributed by atoms with van der Waals surface area (Å²) in [5.74, 6) is -17.9. The fourth-order valence-electron chi connectivity index (χ4n) is 1.70. The van der Waals surface area contributed by atoms with E-state index >= 15 is 0 Å². The van der Waals surface area contributed by atoms with Crippen LogP contribution in [-0.2, 0) is 10.1 Å². The van der Waals surface area contributed by atoms with Crippen LogP contribution in [0.4, 0.5) is 74.6 Å². The van der Waals surface area contributed by atoms with Crippen LogP contribution in [0.25, 0.3) is 0 Å². The van der Waals surface area contributed by atoms with Crippen LogP contribution < -0.4 is 0 Å². The normalized spacial score (nSPS) is 18.6. The van der Waals surface area contributed by atoms with E-state index in [9.17, 15) is 83.1 Å². The fraction of sp³-hybridized carbons (Fsp3) is 1.00. The van der Waals surface area contributed by atoms with Crippen LogP contribution in [0.2, 0.25) is 0 Å². The van der Waals surface area contributed by atoms with Gasteiger partial charge in [-0.2, -0.15) is 74.3 Å². The minimum atomic E-state index is -9.29. The average molecular weight is 500 g/mol. The second-order valence-corrected chi connectivity index (χ2v) is 6.41. The van der Waals surface area contributed by atoms with Gasteiger partial charge in [-0.25, -0.2) is 8.78 Å². The predicted molar refractivity (Wildman–Crippen MR) is 52.2 cm³/mol. The lowest BCUT2D eigenvalue weighted by Crippen LogP contribution is -2.81. The molecule has 29 heavy (non-hydrogen) atoms. The molecule has 0 aliphatic carbocycles. The zero-order valence-corrected chi connectivity index (χ0v) is 12.9. The monoisotopic (exact) mass is 500 g/mol. The average Bonchev–Trinajstić information content (AvgIpc) is 2.39. The first kappa shape index (κ1) is 27.7. The molecule has 0 saturated heterocycles. The molecule has 0 radical (unpaired) electrons. The van der Waals surface area contributed by atoms with Crippen LogP contribution in [0, 0.1) is 0 Å². The minimum absolute atomic E-state index is 7.70. The van der Waals surface area contributed by atoms with Crippen molar-refractivity contribution in [1.82, 2.24) is 0 Å². The summed E-state index contributed by atoms with van der Waals surface area (Å²) < 4.78 is 245. The van der Waals surface area contributed by atoms with E-state index in [1.165, 1.54) is 0 Å². The Balaban J connectivity index is 7.65. The highest BCUT2D eigenvalue weighted by Crippen LogP contribution is 2.67. The Kier molecular flexibility index (Phi) is 6.08. The number of alkyl halides is 17. The van der Waals surface area contributed by atoms with E-state index in [-0.39, 0.29) is 0 Å². The maximum Gasteiger partial charge on any atom is 0.438 e. The number of rotatable bonds is 5. The Bertz CT molecular complexity index is 713. The van der Waals surface area contributed by atoms with Gasteiger partial charge < -0.3 is 0 Å². The summed E-state index contributed by atoms with van der Waals surface area (Å²) in [6.07, 6.45) is -25.7. The van der Waals surface area contributed by atoms with E-state index in [0.717, 1.165) is 0 Å². The van der Waals surface area contributed by atoms with Crippen LogP contribution in [0.1, 0.15) is 0 Å². The van der Waals surface area contributed by atoms with E-state index in [0.29, 0.717) is 0 Å². The molecule has 0 spiro atoms. The van der Waals surface area contributed by atoms with Gasteiger partial charge in [-0.3, -0.25) is 4.55 Å². The highest BCUT2D eigenvalue weighted by atomic mass is 32.2. The first-order valence-electron chi connectivity index (χ1n) is 5.68. The quantitative estimate of drug-likeness (QED) is 0.435. The molecule has 0 heterocycles. The molecule has 0 aromatic carbocycles. The second kappa shape index (κ2) is 6.36. The molecule has 3 nitrogen and oxygen atoms in total. The molecule has 0 aliphatic rings. The summed E-state index contributed by atoms with van der Waals surface area (Å²) in [6.45, 7) is 0. The molecule has 0 fully saturated rings. The third-order valence-electron chi connectivity index (χ3n) is 3.16. The summed E-state index contributed by atoms with van der Waals surface area (Å²) >= 11 is 0. The molecule has 0 aromatic rings. The van der Waals surface area contributed by atoms with Crippen molar-refractivity contribution in [3.63, 3.8) is 0 Å². The van der Waals surface area contributed by atoms with Gasteiger partial charge in [-0.1, -0.05) is 0 Å². The van der Waals surface area contributed by atoms with Gasteiger partial charge in [0.25, 0.3) is 0 Å². The predicted octanol–water partition coefficient (Wildman–Crippen LogP) is 4.84. The second-order valence-electron chi connectivity index (χ2n) is 4.95. The van der Waals surface area contributed by atoms with E-state index in [1.54, 1.807) is 0 Å². The van der Waals surface area contributed by atoms with Crippen LogP contribution in [0.3, 0.4) is 0 Å². The highest BCUT2D eigenvalue weighted by Gasteiger charge is 3.01. The first-order chi connectivity index (χ1) is 12.0. The lowest BCUT2D eigenvalue weighted by molar-refractivity contribution is -0.469. The largest absolute Gasteiger partial charge is 0.438 e. The summed E-state index contributed by atoms with van der Waals surface area (Å²) in [6, 6.07) is 0. The van der Waals surface area contributed by atoms with Crippen molar-refractivity contribution in [1.29, 1.82) is 0 Å². The fourth-order valence-corrected chi connectivity index (χ4v) is 2.15. The van der Waals surface area contributed by atoms with Crippen molar-refractivity contribution in [2.45, 2.75) is 47.0 Å². The summed E-state index contributed by atoms with van der Waals surface area (Å²) in [5.41, 5.74) is -18.3. The summed E-state index contributed by atoms with van der Waals surface area (Å²) in [5, 5.41) is -8.04. The molecule has 176 valence electrons. The maximum atomic E-state index is 13.8. The van der Waals surface area contributed by atoms with Crippen molar-refractivity contribution < 1.29 is 87.6 Å². The maximum absolute atomic E-state index is 13.8. The highest BCUT2D eigenvalue weighted by molar-refractivity contribution is 7.87. The summed E-state index contributed by atoms with van der Waals surface area (Å²) in [7, 11) is -8.05. The third-order valence-corrected chi connectivity index (χ3v) is 4.07. The SMILES string of the molecule is O=S(=O)(O)C(F)(F)C(F)(F)C(F)(F)C(F)(C(F)(F)F)C(F)(C(F)(F)F)C(F)(F)F. The lowest BCUT2D eigenvalue weighted by Gasteiger charge is -2.47. The Morgan fingerprint density at radius 1 is 0.448 bits per heavy atom. The zero-order valence-electron chi connectivity index (χ0n) is 12.1. The topological polar surface area (TPSA) is 54.4 Å². The van der Waals surface area contributed by atoms with Gasteiger partial charge >= 0.3 is 57.1 Å². The molecule has 1 unspecified atom stereocenters. The van der Waals surface area contributed by atoms with Crippen molar-refractivity contribution >= 4 is 10.1 Å². The molecule has 1 N–H and O–H groups in total. The zero-order chi connectivity index (χ0) is 24.5. The van der Waals surface area contributed by atoms with Gasteiger partial charge in [-0.05, 0) is 0 Å². The van der Waals surface area contributed by atoms with Crippen LogP contribution in [0.5, 0.6) is 0 Å². The Hall–Kier alpha value is -1.28. The number of hydrogen-bond acceptors (Lipinski definition) is 2. The molecular formula is C8HF17O3S. The Morgan fingerprint density at radius 3 is 0.862 bits per heavy atom. The smallest absolute Gasteiger partial charge is 0.281 e.